The van der Waals surface area contributed by atoms with Crippen molar-refractivity contribution in [1.82, 2.24) is 15.1 Å². The summed E-state index contributed by atoms with van der Waals surface area (Å²) in [6.45, 7) is 10.8. The lowest BCUT2D eigenvalue weighted by Crippen LogP contribution is -2.48. The highest BCUT2D eigenvalue weighted by Crippen LogP contribution is 2.33. The smallest absolute Gasteiger partial charge is 0.0223 e. The van der Waals surface area contributed by atoms with Gasteiger partial charge in [0.15, 0.2) is 0 Å². The fraction of sp³-hybridized carbons (Fsp3) is 1.00. The van der Waals surface area contributed by atoms with Crippen molar-refractivity contribution in [2.75, 3.05) is 39.8 Å². The van der Waals surface area contributed by atoms with Crippen LogP contribution in [0.1, 0.15) is 39.5 Å². The number of nitrogens with zero attached hydrogens (tertiary/aromatic N) is 2. The molecule has 1 saturated heterocycles. The van der Waals surface area contributed by atoms with Crippen LogP contribution < -0.4 is 5.32 Å². The van der Waals surface area contributed by atoms with Gasteiger partial charge in [-0.1, -0.05) is 13.8 Å². The number of hydrogen-bond donors (Lipinski definition) is 1. The van der Waals surface area contributed by atoms with Crippen molar-refractivity contribution in [2.24, 2.45) is 5.92 Å². The van der Waals surface area contributed by atoms with E-state index in [9.17, 15) is 0 Å². The highest BCUT2D eigenvalue weighted by molar-refractivity contribution is 4.90. The summed E-state index contributed by atoms with van der Waals surface area (Å²) in [6, 6.07) is 1.50. The van der Waals surface area contributed by atoms with Crippen LogP contribution in [0.2, 0.25) is 0 Å². The van der Waals surface area contributed by atoms with Crippen LogP contribution in [0, 0.1) is 5.92 Å². The summed E-state index contributed by atoms with van der Waals surface area (Å²) >= 11 is 0. The van der Waals surface area contributed by atoms with Crippen molar-refractivity contribution in [3.8, 4) is 0 Å². The molecule has 0 radical (unpaired) electrons. The number of rotatable bonds is 6. The summed E-state index contributed by atoms with van der Waals surface area (Å²) in [4.78, 5) is 5.27. The second-order valence-corrected chi connectivity index (χ2v) is 6.17. The van der Waals surface area contributed by atoms with E-state index in [1.807, 2.05) is 0 Å². The minimum absolute atomic E-state index is 0.743. The first kappa shape index (κ1) is 14.3. The standard InChI is InChI=1S/C15H31N3/c1-4-14-11-17(3)9-6-10-18(14)12-15(16-5-2)13-7-8-13/h13-16H,4-12H2,1-3H3. The fourth-order valence-electron chi connectivity index (χ4n) is 3.31. The van der Waals surface area contributed by atoms with Gasteiger partial charge in [0.1, 0.15) is 0 Å². The minimum Gasteiger partial charge on any atom is -0.313 e. The van der Waals surface area contributed by atoms with Gasteiger partial charge in [0.25, 0.3) is 0 Å². The first-order valence-corrected chi connectivity index (χ1v) is 7.90. The normalized spacial score (nSPS) is 29.2. The molecular weight excluding hydrogens is 222 g/mol. The van der Waals surface area contributed by atoms with Gasteiger partial charge in [-0.05, 0) is 58.3 Å². The Balaban J connectivity index is 1.91. The van der Waals surface area contributed by atoms with Crippen LogP contribution in [0.25, 0.3) is 0 Å². The predicted molar refractivity (Wildman–Crippen MR) is 78.0 cm³/mol. The molecule has 1 heterocycles. The van der Waals surface area contributed by atoms with Crippen LogP contribution >= 0.6 is 0 Å². The quantitative estimate of drug-likeness (QED) is 0.778. The van der Waals surface area contributed by atoms with Crippen LogP contribution in [0.15, 0.2) is 0 Å². The Labute approximate surface area is 113 Å². The van der Waals surface area contributed by atoms with Gasteiger partial charge in [0, 0.05) is 25.2 Å². The van der Waals surface area contributed by atoms with E-state index in [1.54, 1.807) is 0 Å². The van der Waals surface area contributed by atoms with Gasteiger partial charge in [0.2, 0.25) is 0 Å². The first-order valence-electron chi connectivity index (χ1n) is 7.90. The maximum absolute atomic E-state index is 3.71. The van der Waals surface area contributed by atoms with E-state index in [-0.39, 0.29) is 0 Å². The molecule has 1 aliphatic heterocycles. The van der Waals surface area contributed by atoms with Crippen LogP contribution in [0.3, 0.4) is 0 Å². The van der Waals surface area contributed by atoms with Crippen molar-refractivity contribution in [1.29, 1.82) is 0 Å². The van der Waals surface area contributed by atoms with E-state index < -0.39 is 0 Å². The maximum Gasteiger partial charge on any atom is 0.0223 e. The van der Waals surface area contributed by atoms with Crippen molar-refractivity contribution < 1.29 is 0 Å². The van der Waals surface area contributed by atoms with Crippen molar-refractivity contribution in [3.05, 3.63) is 0 Å². The minimum atomic E-state index is 0.743. The summed E-state index contributed by atoms with van der Waals surface area (Å²) in [5, 5.41) is 3.71. The molecule has 0 aromatic rings. The highest BCUT2D eigenvalue weighted by atomic mass is 15.2. The van der Waals surface area contributed by atoms with Gasteiger partial charge >= 0.3 is 0 Å². The van der Waals surface area contributed by atoms with Gasteiger partial charge in [-0.2, -0.15) is 0 Å². The second kappa shape index (κ2) is 6.88. The largest absolute Gasteiger partial charge is 0.313 e. The van der Waals surface area contributed by atoms with Crippen LogP contribution in [0.5, 0.6) is 0 Å². The van der Waals surface area contributed by atoms with E-state index in [2.05, 4.69) is 36.0 Å². The Morgan fingerprint density at radius 1 is 1.22 bits per heavy atom. The third kappa shape index (κ3) is 3.94. The molecule has 106 valence electrons. The SMILES string of the molecule is CCNC(CN1CCCN(C)CC1CC)C1CC1. The van der Waals surface area contributed by atoms with E-state index in [4.69, 9.17) is 0 Å². The number of hydrogen-bond acceptors (Lipinski definition) is 3. The van der Waals surface area contributed by atoms with Crippen molar-refractivity contribution in [3.63, 3.8) is 0 Å². The Bertz CT molecular complexity index is 240. The summed E-state index contributed by atoms with van der Waals surface area (Å²) in [5.41, 5.74) is 0. The molecule has 18 heavy (non-hydrogen) atoms. The second-order valence-electron chi connectivity index (χ2n) is 6.17. The molecule has 3 nitrogen and oxygen atoms in total. The van der Waals surface area contributed by atoms with Crippen LogP contribution in [-0.2, 0) is 0 Å². The summed E-state index contributed by atoms with van der Waals surface area (Å²) in [5.74, 6) is 0.962. The van der Waals surface area contributed by atoms with Crippen LogP contribution in [0.4, 0.5) is 0 Å². The molecular formula is C15H31N3. The molecule has 2 unspecified atom stereocenters. The molecule has 2 atom stereocenters. The third-order valence-corrected chi connectivity index (χ3v) is 4.58. The molecule has 0 amide bonds. The first-order chi connectivity index (χ1) is 8.74. The van der Waals surface area contributed by atoms with E-state index in [1.165, 1.54) is 51.9 Å². The average Bonchev–Trinajstić information content (AvgIpc) is 3.17. The van der Waals surface area contributed by atoms with Gasteiger partial charge in [0.05, 0.1) is 0 Å². The van der Waals surface area contributed by atoms with E-state index >= 15 is 0 Å². The Morgan fingerprint density at radius 3 is 2.61 bits per heavy atom. The lowest BCUT2D eigenvalue weighted by atomic mass is 10.1. The lowest BCUT2D eigenvalue weighted by Gasteiger charge is -2.33. The molecule has 2 aliphatic rings. The zero-order valence-electron chi connectivity index (χ0n) is 12.5. The summed E-state index contributed by atoms with van der Waals surface area (Å²) < 4.78 is 0. The average molecular weight is 253 g/mol. The van der Waals surface area contributed by atoms with E-state index in [0.717, 1.165) is 24.5 Å². The molecule has 0 aromatic carbocycles. The Hall–Kier alpha value is -0.120. The zero-order chi connectivity index (χ0) is 13.0. The predicted octanol–water partition coefficient (Wildman–Crippen LogP) is 1.79. The summed E-state index contributed by atoms with van der Waals surface area (Å²) in [6.07, 6.45) is 5.51. The molecule has 0 bridgehead atoms. The van der Waals surface area contributed by atoms with Gasteiger partial charge in [-0.15, -0.1) is 0 Å². The monoisotopic (exact) mass is 253 g/mol. The van der Waals surface area contributed by atoms with Crippen LogP contribution in [-0.4, -0.2) is 61.7 Å². The molecule has 1 saturated carbocycles. The number of nitrogens with one attached hydrogen (secondary N) is 1. The molecule has 0 spiro atoms. The number of likely N-dealkylation sites (N-methyl/N-ethyl adjacent to an activating group) is 2. The molecule has 0 aromatic heterocycles. The topological polar surface area (TPSA) is 18.5 Å². The molecule has 1 aliphatic carbocycles. The third-order valence-electron chi connectivity index (χ3n) is 4.58. The molecule has 2 rings (SSSR count). The fourth-order valence-corrected chi connectivity index (χ4v) is 3.31. The Morgan fingerprint density at radius 2 is 2.00 bits per heavy atom. The zero-order valence-corrected chi connectivity index (χ0v) is 12.5. The Kier molecular flexibility index (Phi) is 5.46. The van der Waals surface area contributed by atoms with Crippen molar-refractivity contribution >= 4 is 0 Å². The lowest BCUT2D eigenvalue weighted by molar-refractivity contribution is 0.161. The van der Waals surface area contributed by atoms with E-state index in [0.29, 0.717) is 0 Å². The highest BCUT2D eigenvalue weighted by Gasteiger charge is 2.33. The molecule has 1 N–H and O–H groups in total. The van der Waals surface area contributed by atoms with Crippen molar-refractivity contribution in [2.45, 2.75) is 51.6 Å². The molecule has 2 fully saturated rings. The van der Waals surface area contributed by atoms with Gasteiger partial charge in [-0.25, -0.2) is 0 Å². The van der Waals surface area contributed by atoms with Gasteiger partial charge in [-0.3, -0.25) is 4.90 Å². The summed E-state index contributed by atoms with van der Waals surface area (Å²) in [7, 11) is 2.27. The molecule has 3 heteroatoms. The van der Waals surface area contributed by atoms with Gasteiger partial charge < -0.3 is 10.2 Å². The maximum atomic E-state index is 3.71.